The summed E-state index contributed by atoms with van der Waals surface area (Å²) in [6, 6.07) is 1.64. The van der Waals surface area contributed by atoms with Crippen LogP contribution in [0, 0.1) is 6.92 Å². The molecular weight excluding hydrogens is 249 g/mol. The first kappa shape index (κ1) is 9.17. The number of halogens is 3. The number of rotatable bonds is 0. The molecule has 2 N–H and O–H groups in total. The summed E-state index contributed by atoms with van der Waals surface area (Å²) in [6.07, 6.45) is 0. The maximum absolute atomic E-state index is 5.82. The van der Waals surface area contributed by atoms with Gasteiger partial charge in [0.05, 0.1) is 10.7 Å². The van der Waals surface area contributed by atoms with E-state index in [9.17, 15) is 0 Å². The molecule has 11 heavy (non-hydrogen) atoms. The maximum Gasteiger partial charge on any atom is 0.0662 e. The van der Waals surface area contributed by atoms with E-state index in [1.54, 1.807) is 6.07 Å². The second kappa shape index (κ2) is 3.21. The van der Waals surface area contributed by atoms with E-state index in [1.165, 1.54) is 0 Å². The summed E-state index contributed by atoms with van der Waals surface area (Å²) in [4.78, 5) is 0. The van der Waals surface area contributed by atoms with Gasteiger partial charge in [-0.15, -0.1) is 0 Å². The Hall–Kier alpha value is 0.0800. The summed E-state index contributed by atoms with van der Waals surface area (Å²) in [5.41, 5.74) is 7.06. The molecule has 0 heterocycles. The monoisotopic (exact) mass is 253 g/mol. The van der Waals surface area contributed by atoms with Crippen molar-refractivity contribution in [1.82, 2.24) is 0 Å². The Bertz CT molecular complexity index is 273. The van der Waals surface area contributed by atoms with Crippen molar-refractivity contribution in [2.45, 2.75) is 6.92 Å². The third-order valence-electron chi connectivity index (χ3n) is 1.43. The molecule has 0 amide bonds. The molecule has 1 rings (SSSR count). The van der Waals surface area contributed by atoms with Crippen LogP contribution in [0.2, 0.25) is 10.0 Å². The molecule has 0 saturated carbocycles. The van der Waals surface area contributed by atoms with E-state index >= 15 is 0 Å². The van der Waals surface area contributed by atoms with E-state index < -0.39 is 0 Å². The van der Waals surface area contributed by atoms with Gasteiger partial charge in [0.25, 0.3) is 0 Å². The molecule has 0 radical (unpaired) electrons. The quantitative estimate of drug-likeness (QED) is 0.703. The molecule has 0 aliphatic heterocycles. The standard InChI is InChI=1S/C7H6BrCl2N/c1-3-4(9)2-5(10)7(11)6(3)8/h2H,11H2,1H3. The second-order valence-electron chi connectivity index (χ2n) is 2.19. The van der Waals surface area contributed by atoms with Gasteiger partial charge in [0.1, 0.15) is 0 Å². The Labute approximate surface area is 83.6 Å². The van der Waals surface area contributed by atoms with E-state index in [2.05, 4.69) is 15.9 Å². The zero-order valence-corrected chi connectivity index (χ0v) is 8.89. The molecule has 4 heteroatoms. The number of nitrogens with two attached hydrogens (primary N) is 1. The number of hydrogen-bond donors (Lipinski definition) is 1. The molecule has 1 aromatic rings. The molecule has 1 nitrogen and oxygen atoms in total. The van der Waals surface area contributed by atoms with Gasteiger partial charge in [-0.25, -0.2) is 0 Å². The van der Waals surface area contributed by atoms with Crippen LogP contribution in [0.1, 0.15) is 5.56 Å². The lowest BCUT2D eigenvalue weighted by atomic mass is 10.2. The van der Waals surface area contributed by atoms with Gasteiger partial charge < -0.3 is 5.73 Å². The second-order valence-corrected chi connectivity index (χ2v) is 3.80. The fourth-order valence-electron chi connectivity index (χ4n) is 0.709. The molecule has 0 spiro atoms. The third kappa shape index (κ3) is 1.63. The fraction of sp³-hybridized carbons (Fsp3) is 0.143. The van der Waals surface area contributed by atoms with Crippen LogP contribution in [0.25, 0.3) is 0 Å². The topological polar surface area (TPSA) is 26.0 Å². The fourth-order valence-corrected chi connectivity index (χ4v) is 1.83. The summed E-state index contributed by atoms with van der Waals surface area (Å²) in [5, 5.41) is 1.10. The normalized spacial score (nSPS) is 10.2. The van der Waals surface area contributed by atoms with E-state index in [4.69, 9.17) is 28.9 Å². The van der Waals surface area contributed by atoms with Crippen LogP contribution in [0.15, 0.2) is 10.5 Å². The molecule has 0 saturated heterocycles. The highest BCUT2D eigenvalue weighted by molar-refractivity contribution is 9.10. The van der Waals surface area contributed by atoms with Gasteiger partial charge in [0, 0.05) is 9.50 Å². The third-order valence-corrected chi connectivity index (χ3v) is 3.16. The zero-order chi connectivity index (χ0) is 8.59. The number of hydrogen-bond acceptors (Lipinski definition) is 1. The Morgan fingerprint density at radius 2 is 1.91 bits per heavy atom. The first-order chi connectivity index (χ1) is 5.04. The highest BCUT2D eigenvalue weighted by Crippen LogP contribution is 2.35. The van der Waals surface area contributed by atoms with Crippen LogP contribution >= 0.6 is 39.1 Å². The Kier molecular flexibility index (Phi) is 2.68. The minimum Gasteiger partial charge on any atom is -0.397 e. The maximum atomic E-state index is 5.82. The minimum absolute atomic E-state index is 0.479. The van der Waals surface area contributed by atoms with Gasteiger partial charge in [-0.05, 0) is 34.5 Å². The number of anilines is 1. The van der Waals surface area contributed by atoms with Gasteiger partial charge in [-0.1, -0.05) is 23.2 Å². The Morgan fingerprint density at radius 1 is 1.36 bits per heavy atom. The van der Waals surface area contributed by atoms with Gasteiger partial charge >= 0.3 is 0 Å². The Morgan fingerprint density at radius 3 is 2.45 bits per heavy atom. The highest BCUT2D eigenvalue weighted by Gasteiger charge is 2.07. The predicted octanol–water partition coefficient (Wildman–Crippen LogP) is 3.65. The van der Waals surface area contributed by atoms with E-state index in [-0.39, 0.29) is 0 Å². The van der Waals surface area contributed by atoms with Crippen molar-refractivity contribution in [1.29, 1.82) is 0 Å². The van der Waals surface area contributed by atoms with E-state index in [1.807, 2.05) is 6.92 Å². The van der Waals surface area contributed by atoms with Gasteiger partial charge in [0.15, 0.2) is 0 Å². The van der Waals surface area contributed by atoms with E-state index in [0.29, 0.717) is 15.7 Å². The smallest absolute Gasteiger partial charge is 0.0662 e. The van der Waals surface area contributed by atoms with Crippen molar-refractivity contribution >= 4 is 44.8 Å². The van der Waals surface area contributed by atoms with Crippen molar-refractivity contribution < 1.29 is 0 Å². The van der Waals surface area contributed by atoms with Crippen LogP contribution in [0.3, 0.4) is 0 Å². The average Bonchev–Trinajstić information content (AvgIpc) is 1.97. The molecule has 0 aromatic heterocycles. The lowest BCUT2D eigenvalue weighted by Gasteiger charge is -2.06. The molecule has 60 valence electrons. The zero-order valence-electron chi connectivity index (χ0n) is 5.79. The molecule has 0 aliphatic carbocycles. The van der Waals surface area contributed by atoms with Crippen LogP contribution in [0.4, 0.5) is 5.69 Å². The first-order valence-corrected chi connectivity index (χ1v) is 4.48. The van der Waals surface area contributed by atoms with Crippen LogP contribution in [-0.4, -0.2) is 0 Å². The van der Waals surface area contributed by atoms with Crippen molar-refractivity contribution in [3.63, 3.8) is 0 Å². The van der Waals surface area contributed by atoms with Crippen molar-refractivity contribution in [3.8, 4) is 0 Å². The van der Waals surface area contributed by atoms with Crippen LogP contribution in [-0.2, 0) is 0 Å². The molecule has 0 unspecified atom stereocenters. The average molecular weight is 255 g/mol. The van der Waals surface area contributed by atoms with Crippen LogP contribution < -0.4 is 5.73 Å². The summed E-state index contributed by atoms with van der Waals surface area (Å²) < 4.78 is 0.773. The Balaban J connectivity index is 3.46. The lowest BCUT2D eigenvalue weighted by molar-refractivity contribution is 1.43. The first-order valence-electron chi connectivity index (χ1n) is 2.93. The van der Waals surface area contributed by atoms with Crippen molar-refractivity contribution in [2.24, 2.45) is 0 Å². The number of nitrogen functional groups attached to an aromatic ring is 1. The predicted molar refractivity (Wildman–Crippen MR) is 53.3 cm³/mol. The summed E-state index contributed by atoms with van der Waals surface area (Å²) in [5.74, 6) is 0. The molecule has 0 fully saturated rings. The SMILES string of the molecule is Cc1c(Cl)cc(Cl)c(N)c1Br. The van der Waals surface area contributed by atoms with E-state index in [0.717, 1.165) is 10.0 Å². The van der Waals surface area contributed by atoms with Gasteiger partial charge in [0.2, 0.25) is 0 Å². The van der Waals surface area contributed by atoms with Crippen LogP contribution in [0.5, 0.6) is 0 Å². The lowest BCUT2D eigenvalue weighted by Crippen LogP contribution is -1.90. The molecule has 0 atom stereocenters. The van der Waals surface area contributed by atoms with Gasteiger partial charge in [-0.2, -0.15) is 0 Å². The van der Waals surface area contributed by atoms with Crippen molar-refractivity contribution in [3.05, 3.63) is 26.1 Å². The summed E-state index contributed by atoms with van der Waals surface area (Å²) in [7, 11) is 0. The highest BCUT2D eigenvalue weighted by atomic mass is 79.9. The minimum atomic E-state index is 0.479. The molecule has 0 bridgehead atoms. The van der Waals surface area contributed by atoms with Gasteiger partial charge in [-0.3, -0.25) is 0 Å². The molecule has 0 aliphatic rings. The number of benzene rings is 1. The summed E-state index contributed by atoms with van der Waals surface area (Å²) in [6.45, 7) is 1.87. The molecular formula is C7H6BrCl2N. The molecule has 1 aromatic carbocycles. The summed E-state index contributed by atoms with van der Waals surface area (Å²) >= 11 is 14.9. The largest absolute Gasteiger partial charge is 0.397 e. The van der Waals surface area contributed by atoms with Crippen molar-refractivity contribution in [2.75, 3.05) is 5.73 Å².